The fourth-order valence-corrected chi connectivity index (χ4v) is 2.79. The van der Waals surface area contributed by atoms with Crippen molar-refractivity contribution in [2.45, 2.75) is 44.1 Å². The molecule has 1 fully saturated rings. The molecule has 1 aliphatic carbocycles. The van der Waals surface area contributed by atoms with Crippen molar-refractivity contribution in [3.8, 4) is 0 Å². The summed E-state index contributed by atoms with van der Waals surface area (Å²) in [5.41, 5.74) is 0.562. The largest absolute Gasteiger partial charge is 0.502 e. The maximum absolute atomic E-state index is 10.8. The summed E-state index contributed by atoms with van der Waals surface area (Å²) in [7, 11) is 0. The van der Waals surface area contributed by atoms with Gasteiger partial charge in [0.1, 0.15) is 0 Å². The minimum absolute atomic E-state index is 0.0350. The van der Waals surface area contributed by atoms with Crippen LogP contribution in [0.15, 0.2) is 42.7 Å². The third-order valence-corrected chi connectivity index (χ3v) is 3.74. The molecule has 0 aromatic heterocycles. The van der Waals surface area contributed by atoms with E-state index in [2.05, 4.69) is 12.1 Å². The summed E-state index contributed by atoms with van der Waals surface area (Å²) in [5, 5.41) is 10.8. The highest BCUT2D eigenvalue weighted by atomic mass is 16.5. The van der Waals surface area contributed by atoms with Crippen molar-refractivity contribution in [1.82, 2.24) is 0 Å². The van der Waals surface area contributed by atoms with Crippen LogP contribution in [-0.2, 0) is 4.74 Å². The topological polar surface area (TPSA) is 29.5 Å². The van der Waals surface area contributed by atoms with E-state index in [1.54, 1.807) is 6.26 Å². The first-order valence-corrected chi connectivity index (χ1v) is 6.82. The Labute approximate surface area is 109 Å². The number of benzene rings is 1. The second kappa shape index (κ2) is 6.05. The molecular weight excluding hydrogens is 224 g/mol. The van der Waals surface area contributed by atoms with Crippen molar-refractivity contribution in [3.05, 3.63) is 48.2 Å². The summed E-state index contributed by atoms with van der Waals surface area (Å²) in [6.07, 6.45) is 7.72. The minimum atomic E-state index is -0.602. The highest BCUT2D eigenvalue weighted by Gasteiger charge is 2.38. The van der Waals surface area contributed by atoms with Crippen LogP contribution < -0.4 is 0 Å². The minimum Gasteiger partial charge on any atom is -0.502 e. The van der Waals surface area contributed by atoms with Crippen LogP contribution in [0.25, 0.3) is 0 Å². The maximum atomic E-state index is 10.8. The van der Waals surface area contributed by atoms with Crippen LogP contribution in [0.2, 0.25) is 0 Å². The van der Waals surface area contributed by atoms with Crippen molar-refractivity contribution in [2.24, 2.45) is 0 Å². The number of hydrogen-bond donors (Lipinski definition) is 1. The number of ether oxygens (including phenoxy) is 1. The van der Waals surface area contributed by atoms with E-state index >= 15 is 0 Å². The molecule has 0 aliphatic heterocycles. The zero-order valence-corrected chi connectivity index (χ0v) is 11.0. The molecule has 0 heterocycles. The maximum Gasteiger partial charge on any atom is 0.0845 e. The average molecular weight is 246 g/mol. The molecule has 1 atom stereocenters. The number of rotatable bonds is 5. The summed E-state index contributed by atoms with van der Waals surface area (Å²) in [5.74, 6) is 0.0350. The first-order valence-electron chi connectivity index (χ1n) is 6.82. The lowest BCUT2D eigenvalue weighted by Gasteiger charge is -2.30. The van der Waals surface area contributed by atoms with Gasteiger partial charge in [0, 0.05) is 5.92 Å². The first kappa shape index (κ1) is 13.2. The average Bonchev–Trinajstić information content (AvgIpc) is 2.83. The van der Waals surface area contributed by atoms with Crippen LogP contribution in [0.5, 0.6) is 0 Å². The molecule has 0 radical (unpaired) electrons. The monoisotopic (exact) mass is 246 g/mol. The lowest BCUT2D eigenvalue weighted by molar-refractivity contribution is 0.0321. The van der Waals surface area contributed by atoms with Crippen LogP contribution in [0.4, 0.5) is 0 Å². The molecule has 1 unspecified atom stereocenters. The molecule has 1 aromatic rings. The predicted octanol–water partition coefficient (Wildman–Crippen LogP) is 3.63. The molecule has 98 valence electrons. The SMILES string of the molecule is CCOC=CC(c1ccccc1)C1(O)CCCC1. The molecule has 1 aliphatic rings. The first-order chi connectivity index (χ1) is 8.76. The molecule has 0 spiro atoms. The molecule has 0 saturated heterocycles. The molecule has 1 saturated carbocycles. The normalized spacial score (nSPS) is 20.1. The number of aliphatic hydroxyl groups is 1. The van der Waals surface area contributed by atoms with Gasteiger partial charge in [0.15, 0.2) is 0 Å². The van der Waals surface area contributed by atoms with Gasteiger partial charge < -0.3 is 9.84 Å². The second-order valence-electron chi connectivity index (χ2n) is 4.98. The molecule has 2 rings (SSSR count). The summed E-state index contributed by atoms with van der Waals surface area (Å²) in [6, 6.07) is 10.2. The lowest BCUT2D eigenvalue weighted by Crippen LogP contribution is -2.32. The fourth-order valence-electron chi connectivity index (χ4n) is 2.79. The van der Waals surface area contributed by atoms with Crippen LogP contribution >= 0.6 is 0 Å². The zero-order valence-electron chi connectivity index (χ0n) is 11.0. The third kappa shape index (κ3) is 2.94. The third-order valence-electron chi connectivity index (χ3n) is 3.74. The van der Waals surface area contributed by atoms with Crippen molar-refractivity contribution >= 4 is 0 Å². The Morgan fingerprint density at radius 1 is 1.28 bits per heavy atom. The molecule has 2 heteroatoms. The van der Waals surface area contributed by atoms with Gasteiger partial charge in [-0.05, 0) is 31.4 Å². The van der Waals surface area contributed by atoms with Gasteiger partial charge in [-0.1, -0.05) is 43.2 Å². The van der Waals surface area contributed by atoms with Gasteiger partial charge in [-0.25, -0.2) is 0 Å². The van der Waals surface area contributed by atoms with E-state index in [4.69, 9.17) is 4.74 Å². The van der Waals surface area contributed by atoms with Crippen LogP contribution in [0.1, 0.15) is 44.1 Å². The van der Waals surface area contributed by atoms with E-state index in [0.29, 0.717) is 6.61 Å². The van der Waals surface area contributed by atoms with Gasteiger partial charge >= 0.3 is 0 Å². The van der Waals surface area contributed by atoms with Crippen molar-refractivity contribution in [1.29, 1.82) is 0 Å². The molecule has 1 N–H and O–H groups in total. The van der Waals surface area contributed by atoms with Gasteiger partial charge in [0.25, 0.3) is 0 Å². The Morgan fingerprint density at radius 3 is 2.56 bits per heavy atom. The van der Waals surface area contributed by atoms with E-state index in [-0.39, 0.29) is 5.92 Å². The van der Waals surface area contributed by atoms with Crippen molar-refractivity contribution in [3.63, 3.8) is 0 Å². The quantitative estimate of drug-likeness (QED) is 0.804. The highest BCUT2D eigenvalue weighted by molar-refractivity contribution is 5.28. The summed E-state index contributed by atoms with van der Waals surface area (Å²) in [6.45, 7) is 2.63. The summed E-state index contributed by atoms with van der Waals surface area (Å²) in [4.78, 5) is 0. The lowest BCUT2D eigenvalue weighted by atomic mass is 9.81. The molecule has 1 aromatic carbocycles. The Balaban J connectivity index is 2.23. The Morgan fingerprint density at radius 2 is 1.94 bits per heavy atom. The van der Waals surface area contributed by atoms with E-state index < -0.39 is 5.60 Å². The standard InChI is InChI=1S/C16H22O2/c1-2-18-13-10-15(14-8-4-3-5-9-14)16(17)11-6-7-12-16/h3-5,8-10,13,15,17H,2,6-7,11-12H2,1H3. The summed E-state index contributed by atoms with van der Waals surface area (Å²) >= 11 is 0. The highest BCUT2D eigenvalue weighted by Crippen LogP contribution is 2.42. The number of hydrogen-bond acceptors (Lipinski definition) is 2. The Hall–Kier alpha value is -1.28. The smallest absolute Gasteiger partial charge is 0.0845 e. The molecule has 18 heavy (non-hydrogen) atoms. The molecular formula is C16H22O2. The predicted molar refractivity (Wildman–Crippen MR) is 73.4 cm³/mol. The van der Waals surface area contributed by atoms with Gasteiger partial charge in [-0.3, -0.25) is 0 Å². The molecule has 0 amide bonds. The van der Waals surface area contributed by atoms with E-state index in [9.17, 15) is 5.11 Å². The van der Waals surface area contributed by atoms with Crippen molar-refractivity contribution < 1.29 is 9.84 Å². The van der Waals surface area contributed by atoms with Crippen LogP contribution in [0, 0.1) is 0 Å². The Kier molecular flexibility index (Phi) is 4.43. The molecule has 0 bridgehead atoms. The van der Waals surface area contributed by atoms with E-state index in [1.165, 1.54) is 0 Å². The van der Waals surface area contributed by atoms with Gasteiger partial charge in [-0.15, -0.1) is 0 Å². The van der Waals surface area contributed by atoms with Crippen molar-refractivity contribution in [2.75, 3.05) is 6.61 Å². The van der Waals surface area contributed by atoms with Gasteiger partial charge in [-0.2, -0.15) is 0 Å². The second-order valence-corrected chi connectivity index (χ2v) is 4.98. The molecule has 2 nitrogen and oxygen atoms in total. The van der Waals surface area contributed by atoms with Crippen LogP contribution in [0.3, 0.4) is 0 Å². The van der Waals surface area contributed by atoms with E-state index in [0.717, 1.165) is 31.2 Å². The van der Waals surface area contributed by atoms with Gasteiger partial charge in [0.05, 0.1) is 18.5 Å². The zero-order chi connectivity index (χ0) is 12.8. The Bertz CT molecular complexity index is 377. The van der Waals surface area contributed by atoms with E-state index in [1.807, 2.05) is 31.2 Å². The van der Waals surface area contributed by atoms with Gasteiger partial charge in [0.2, 0.25) is 0 Å². The van der Waals surface area contributed by atoms with Crippen LogP contribution in [-0.4, -0.2) is 17.3 Å². The summed E-state index contributed by atoms with van der Waals surface area (Å²) < 4.78 is 5.30. The fraction of sp³-hybridized carbons (Fsp3) is 0.500.